The second-order valence-electron chi connectivity index (χ2n) is 6.73. The van der Waals surface area contributed by atoms with Crippen molar-refractivity contribution in [3.05, 3.63) is 47.5 Å². The molecule has 0 unspecified atom stereocenters. The van der Waals surface area contributed by atoms with Crippen molar-refractivity contribution >= 4 is 41.0 Å². The van der Waals surface area contributed by atoms with E-state index < -0.39 is 0 Å². The molecule has 0 saturated carbocycles. The summed E-state index contributed by atoms with van der Waals surface area (Å²) in [5.74, 6) is 1.87. The monoisotopic (exact) mass is 495 g/mol. The van der Waals surface area contributed by atoms with E-state index in [1.54, 1.807) is 7.05 Å². The van der Waals surface area contributed by atoms with Crippen molar-refractivity contribution < 1.29 is 0 Å². The van der Waals surface area contributed by atoms with Crippen LogP contribution in [0.15, 0.2) is 35.3 Å². The maximum atomic E-state index is 4.61. The van der Waals surface area contributed by atoms with Gasteiger partial charge in [0.15, 0.2) is 5.96 Å². The number of fused-ring (bicyclic) bond motifs is 1. The molecular formula is C20H30IN7. The van der Waals surface area contributed by atoms with E-state index in [0.717, 1.165) is 67.4 Å². The molecule has 0 aliphatic carbocycles. The van der Waals surface area contributed by atoms with Crippen LogP contribution >= 0.6 is 24.0 Å². The summed E-state index contributed by atoms with van der Waals surface area (Å²) in [6.07, 6.45) is 2.91. The van der Waals surface area contributed by atoms with Crippen LogP contribution in [0.2, 0.25) is 0 Å². The minimum absolute atomic E-state index is 0. The van der Waals surface area contributed by atoms with Crippen molar-refractivity contribution in [2.75, 3.05) is 20.1 Å². The number of aromatic amines is 1. The number of hydrogen-bond donors (Lipinski definition) is 3. The minimum atomic E-state index is 0. The van der Waals surface area contributed by atoms with E-state index in [4.69, 9.17) is 0 Å². The average Bonchev–Trinajstić information content (AvgIpc) is 3.22. The number of para-hydroxylation sites is 2. The summed E-state index contributed by atoms with van der Waals surface area (Å²) in [6, 6.07) is 10.2. The highest BCUT2D eigenvalue weighted by molar-refractivity contribution is 14.0. The number of H-pyrrole nitrogens is 1. The van der Waals surface area contributed by atoms with Gasteiger partial charge in [-0.3, -0.25) is 9.67 Å². The number of halogens is 1. The first-order chi connectivity index (χ1) is 13.2. The van der Waals surface area contributed by atoms with Gasteiger partial charge in [0.05, 0.1) is 16.7 Å². The number of nitrogens with one attached hydrogen (secondary N) is 3. The Kier molecular flexibility index (Phi) is 8.75. The maximum Gasteiger partial charge on any atom is 0.190 e. The molecule has 3 rings (SSSR count). The number of aromatic nitrogens is 4. The summed E-state index contributed by atoms with van der Waals surface area (Å²) in [5.41, 5.74) is 4.41. The molecule has 2 heterocycles. The Balaban J connectivity index is 0.00000280. The molecular weight excluding hydrogens is 465 g/mol. The molecule has 28 heavy (non-hydrogen) atoms. The Morgan fingerprint density at radius 3 is 2.57 bits per heavy atom. The topological polar surface area (TPSA) is 82.9 Å². The van der Waals surface area contributed by atoms with Gasteiger partial charge < -0.3 is 15.6 Å². The highest BCUT2D eigenvalue weighted by Crippen LogP contribution is 2.11. The van der Waals surface area contributed by atoms with Gasteiger partial charge in [0.25, 0.3) is 0 Å². The molecule has 3 aromatic rings. The van der Waals surface area contributed by atoms with Crippen LogP contribution in [0, 0.1) is 13.8 Å². The van der Waals surface area contributed by atoms with E-state index >= 15 is 0 Å². The Bertz CT molecular complexity index is 864. The van der Waals surface area contributed by atoms with Crippen LogP contribution in [0.25, 0.3) is 11.0 Å². The number of rotatable bonds is 8. The largest absolute Gasteiger partial charge is 0.356 e. The number of imidazole rings is 1. The van der Waals surface area contributed by atoms with Crippen LogP contribution in [0.3, 0.4) is 0 Å². The summed E-state index contributed by atoms with van der Waals surface area (Å²) >= 11 is 0. The molecule has 2 aromatic heterocycles. The number of benzene rings is 1. The van der Waals surface area contributed by atoms with Gasteiger partial charge in [-0.1, -0.05) is 12.1 Å². The first kappa shape index (κ1) is 22.2. The average molecular weight is 495 g/mol. The maximum absolute atomic E-state index is 4.61. The Morgan fingerprint density at radius 2 is 1.89 bits per heavy atom. The van der Waals surface area contributed by atoms with Gasteiger partial charge in [0, 0.05) is 38.8 Å². The summed E-state index contributed by atoms with van der Waals surface area (Å²) in [6.45, 7) is 6.75. The second kappa shape index (κ2) is 11.0. The van der Waals surface area contributed by atoms with Gasteiger partial charge in [0.2, 0.25) is 0 Å². The number of aryl methyl sites for hydroxylation is 4. The van der Waals surface area contributed by atoms with Crippen molar-refractivity contribution in [1.29, 1.82) is 0 Å². The van der Waals surface area contributed by atoms with E-state index in [1.165, 1.54) is 5.69 Å². The van der Waals surface area contributed by atoms with Crippen LogP contribution in [0.4, 0.5) is 0 Å². The number of hydrogen-bond acceptors (Lipinski definition) is 3. The third-order valence-electron chi connectivity index (χ3n) is 4.49. The number of aliphatic imine (C=N–C) groups is 1. The van der Waals surface area contributed by atoms with Crippen molar-refractivity contribution in [1.82, 2.24) is 30.4 Å². The third kappa shape index (κ3) is 6.22. The first-order valence-electron chi connectivity index (χ1n) is 9.55. The highest BCUT2D eigenvalue weighted by Gasteiger charge is 2.03. The lowest BCUT2D eigenvalue weighted by Gasteiger charge is -2.12. The van der Waals surface area contributed by atoms with Gasteiger partial charge in [-0.2, -0.15) is 5.10 Å². The third-order valence-corrected chi connectivity index (χ3v) is 4.49. The predicted molar refractivity (Wildman–Crippen MR) is 126 cm³/mol. The molecule has 0 aliphatic heterocycles. The van der Waals surface area contributed by atoms with Crippen molar-refractivity contribution in [3.63, 3.8) is 0 Å². The van der Waals surface area contributed by atoms with E-state index in [2.05, 4.69) is 54.4 Å². The molecule has 7 nitrogen and oxygen atoms in total. The van der Waals surface area contributed by atoms with E-state index in [1.807, 2.05) is 25.1 Å². The molecule has 0 atom stereocenters. The van der Waals surface area contributed by atoms with Crippen LogP contribution in [-0.4, -0.2) is 45.8 Å². The lowest BCUT2D eigenvalue weighted by atomic mass is 10.3. The van der Waals surface area contributed by atoms with Crippen molar-refractivity contribution in [2.24, 2.45) is 4.99 Å². The van der Waals surface area contributed by atoms with Gasteiger partial charge >= 0.3 is 0 Å². The van der Waals surface area contributed by atoms with Crippen LogP contribution in [-0.2, 0) is 13.0 Å². The lowest BCUT2D eigenvalue weighted by Crippen LogP contribution is -2.38. The predicted octanol–water partition coefficient (Wildman–Crippen LogP) is 3.18. The quantitative estimate of drug-likeness (QED) is 0.194. The van der Waals surface area contributed by atoms with E-state index in [-0.39, 0.29) is 24.0 Å². The molecule has 3 N–H and O–H groups in total. The Morgan fingerprint density at radius 1 is 1.14 bits per heavy atom. The van der Waals surface area contributed by atoms with Gasteiger partial charge in [0.1, 0.15) is 5.82 Å². The summed E-state index contributed by atoms with van der Waals surface area (Å²) < 4.78 is 2.06. The van der Waals surface area contributed by atoms with Crippen LogP contribution in [0.1, 0.15) is 30.1 Å². The standard InChI is InChI=1S/C20H29N7.HI/c1-15-14-16(2)27(26-15)13-7-12-23-20(21-3)22-11-6-10-19-24-17-8-4-5-9-18(17)25-19;/h4-5,8-9,14H,6-7,10-13H2,1-3H3,(H,24,25)(H2,21,22,23);1H. The van der Waals surface area contributed by atoms with Crippen LogP contribution < -0.4 is 10.6 Å². The summed E-state index contributed by atoms with van der Waals surface area (Å²) in [5, 5.41) is 11.2. The first-order valence-corrected chi connectivity index (χ1v) is 9.55. The normalized spacial score (nSPS) is 11.5. The van der Waals surface area contributed by atoms with E-state index in [0.29, 0.717) is 0 Å². The highest BCUT2D eigenvalue weighted by atomic mass is 127. The molecule has 0 radical (unpaired) electrons. The molecule has 0 saturated heterocycles. The van der Waals surface area contributed by atoms with Gasteiger partial charge in [-0.05, 0) is 44.9 Å². The number of nitrogens with zero attached hydrogens (tertiary/aromatic N) is 4. The minimum Gasteiger partial charge on any atom is -0.356 e. The lowest BCUT2D eigenvalue weighted by molar-refractivity contribution is 0.555. The van der Waals surface area contributed by atoms with Crippen LogP contribution in [0.5, 0.6) is 0 Å². The molecule has 1 aromatic carbocycles. The molecule has 0 spiro atoms. The Hall–Kier alpha value is -2.10. The fourth-order valence-electron chi connectivity index (χ4n) is 3.14. The van der Waals surface area contributed by atoms with Gasteiger partial charge in [-0.25, -0.2) is 4.98 Å². The van der Waals surface area contributed by atoms with E-state index in [9.17, 15) is 0 Å². The molecule has 0 bridgehead atoms. The molecule has 0 aliphatic rings. The zero-order valence-electron chi connectivity index (χ0n) is 16.8. The summed E-state index contributed by atoms with van der Waals surface area (Å²) in [4.78, 5) is 12.3. The van der Waals surface area contributed by atoms with Crippen molar-refractivity contribution in [3.8, 4) is 0 Å². The SMILES string of the molecule is CN=C(NCCCc1nc2ccccc2[nH]1)NCCCn1nc(C)cc1C.I. The van der Waals surface area contributed by atoms with Gasteiger partial charge in [-0.15, -0.1) is 24.0 Å². The summed E-state index contributed by atoms with van der Waals surface area (Å²) in [7, 11) is 1.80. The Labute approximate surface area is 183 Å². The fraction of sp³-hybridized carbons (Fsp3) is 0.450. The molecule has 152 valence electrons. The second-order valence-corrected chi connectivity index (χ2v) is 6.73. The smallest absolute Gasteiger partial charge is 0.190 e. The fourth-order valence-corrected chi connectivity index (χ4v) is 3.14. The zero-order valence-corrected chi connectivity index (χ0v) is 19.2. The zero-order chi connectivity index (χ0) is 19.1. The molecule has 0 amide bonds. The number of guanidine groups is 1. The molecule has 8 heteroatoms. The molecule has 0 fully saturated rings. The van der Waals surface area contributed by atoms with Crippen molar-refractivity contribution in [2.45, 2.75) is 39.7 Å².